The predicted octanol–water partition coefficient (Wildman–Crippen LogP) is 2.05. The minimum Gasteiger partial charge on any atom is -0.505 e. The Bertz CT molecular complexity index is 522. The molecule has 2 rings (SSSR count). The van der Waals surface area contributed by atoms with Crippen LogP contribution in [0.5, 0.6) is 17.2 Å². The van der Waals surface area contributed by atoms with Gasteiger partial charge in [0.2, 0.25) is 0 Å². The standard InChI is InChI=1S/C13H15FO5/c1-18-8-5-7(14)11(17)10(12(8)19-2)13(3-4-13)6-9(15)16/h5,17H,3-4,6H2,1-2H3,(H,15,16). The monoisotopic (exact) mass is 270 g/mol. The van der Waals surface area contributed by atoms with Crippen LogP contribution in [0.1, 0.15) is 24.8 Å². The lowest BCUT2D eigenvalue weighted by molar-refractivity contribution is -0.137. The van der Waals surface area contributed by atoms with Gasteiger partial charge in [-0.05, 0) is 12.8 Å². The molecule has 5 nitrogen and oxygen atoms in total. The Morgan fingerprint density at radius 1 is 1.42 bits per heavy atom. The molecule has 6 heteroatoms. The van der Waals surface area contributed by atoms with Gasteiger partial charge in [0, 0.05) is 17.0 Å². The van der Waals surface area contributed by atoms with E-state index in [0.717, 1.165) is 6.07 Å². The molecular weight excluding hydrogens is 255 g/mol. The molecule has 0 radical (unpaired) electrons. The van der Waals surface area contributed by atoms with Crippen molar-refractivity contribution >= 4 is 5.97 Å². The quantitative estimate of drug-likeness (QED) is 0.856. The molecule has 2 N–H and O–H groups in total. The van der Waals surface area contributed by atoms with Gasteiger partial charge in [-0.2, -0.15) is 0 Å². The van der Waals surface area contributed by atoms with E-state index in [1.807, 2.05) is 0 Å². The van der Waals surface area contributed by atoms with Gasteiger partial charge in [0.1, 0.15) is 0 Å². The molecule has 1 fully saturated rings. The van der Waals surface area contributed by atoms with E-state index in [9.17, 15) is 14.3 Å². The van der Waals surface area contributed by atoms with Crippen LogP contribution in [0.25, 0.3) is 0 Å². The largest absolute Gasteiger partial charge is 0.505 e. The van der Waals surface area contributed by atoms with Crippen LogP contribution in [0, 0.1) is 5.82 Å². The van der Waals surface area contributed by atoms with Crippen LogP contribution in [0.2, 0.25) is 0 Å². The molecule has 1 aromatic carbocycles. The van der Waals surface area contributed by atoms with Gasteiger partial charge in [0.25, 0.3) is 0 Å². The molecule has 19 heavy (non-hydrogen) atoms. The summed E-state index contributed by atoms with van der Waals surface area (Å²) in [7, 11) is 2.73. The fourth-order valence-electron chi connectivity index (χ4n) is 2.40. The average molecular weight is 270 g/mol. The third kappa shape index (κ3) is 2.18. The number of phenols is 1. The number of hydrogen-bond donors (Lipinski definition) is 2. The Morgan fingerprint density at radius 3 is 2.47 bits per heavy atom. The van der Waals surface area contributed by atoms with Gasteiger partial charge in [0.15, 0.2) is 23.1 Å². The van der Waals surface area contributed by atoms with Gasteiger partial charge in [0.05, 0.1) is 20.6 Å². The lowest BCUT2D eigenvalue weighted by Crippen LogP contribution is -2.15. The Labute approximate surface area is 109 Å². The van der Waals surface area contributed by atoms with Crippen molar-refractivity contribution in [2.24, 2.45) is 0 Å². The second-order valence-corrected chi connectivity index (χ2v) is 4.67. The van der Waals surface area contributed by atoms with Crippen molar-refractivity contribution in [1.82, 2.24) is 0 Å². The average Bonchev–Trinajstić information content (AvgIpc) is 3.11. The summed E-state index contributed by atoms with van der Waals surface area (Å²) in [5.41, 5.74) is -0.578. The normalized spacial score (nSPS) is 15.9. The number of aliphatic carboxylic acids is 1. The number of phenolic OH excluding ortho intramolecular Hbond substituents is 1. The van der Waals surface area contributed by atoms with E-state index in [2.05, 4.69) is 0 Å². The number of aromatic hydroxyl groups is 1. The predicted molar refractivity (Wildman–Crippen MR) is 64.3 cm³/mol. The minimum absolute atomic E-state index is 0.143. The summed E-state index contributed by atoms with van der Waals surface area (Å²) in [6.45, 7) is 0. The number of ether oxygens (including phenoxy) is 2. The number of halogens is 1. The van der Waals surface area contributed by atoms with Crippen LogP contribution in [-0.4, -0.2) is 30.4 Å². The van der Waals surface area contributed by atoms with Crippen LogP contribution in [0.3, 0.4) is 0 Å². The fourth-order valence-corrected chi connectivity index (χ4v) is 2.40. The van der Waals surface area contributed by atoms with Gasteiger partial charge < -0.3 is 19.7 Å². The number of carboxylic acids is 1. The van der Waals surface area contributed by atoms with E-state index in [1.165, 1.54) is 14.2 Å². The number of rotatable bonds is 5. The molecule has 0 aliphatic heterocycles. The van der Waals surface area contributed by atoms with E-state index >= 15 is 0 Å². The van der Waals surface area contributed by atoms with Gasteiger partial charge in [-0.25, -0.2) is 4.39 Å². The molecule has 1 aliphatic rings. The third-order valence-electron chi connectivity index (χ3n) is 3.47. The molecule has 1 aliphatic carbocycles. The maximum atomic E-state index is 13.7. The number of hydrogen-bond acceptors (Lipinski definition) is 4. The number of carboxylic acid groups (broad SMARTS) is 1. The lowest BCUT2D eigenvalue weighted by Gasteiger charge is -2.20. The first-order valence-electron chi connectivity index (χ1n) is 5.81. The summed E-state index contributed by atoms with van der Waals surface area (Å²) >= 11 is 0. The fraction of sp³-hybridized carbons (Fsp3) is 0.462. The molecule has 0 bridgehead atoms. The molecule has 1 saturated carbocycles. The van der Waals surface area contributed by atoms with Crippen molar-refractivity contribution in [3.63, 3.8) is 0 Å². The summed E-state index contributed by atoms with van der Waals surface area (Å²) in [5, 5.41) is 18.9. The van der Waals surface area contributed by atoms with Crippen LogP contribution in [0.15, 0.2) is 6.07 Å². The molecular formula is C13H15FO5. The molecule has 1 aromatic rings. The minimum atomic E-state index is -0.998. The summed E-state index contributed by atoms with van der Waals surface area (Å²) in [4.78, 5) is 10.9. The summed E-state index contributed by atoms with van der Waals surface area (Å²) < 4.78 is 23.9. The highest BCUT2D eigenvalue weighted by molar-refractivity contribution is 5.72. The van der Waals surface area contributed by atoms with Crippen molar-refractivity contribution in [1.29, 1.82) is 0 Å². The first kappa shape index (κ1) is 13.5. The number of benzene rings is 1. The highest BCUT2D eigenvalue weighted by Gasteiger charge is 2.50. The Balaban J connectivity index is 2.61. The Hall–Kier alpha value is -1.98. The van der Waals surface area contributed by atoms with Gasteiger partial charge in [-0.3, -0.25) is 4.79 Å². The van der Waals surface area contributed by atoms with Crippen molar-refractivity contribution in [2.45, 2.75) is 24.7 Å². The molecule has 0 spiro atoms. The maximum absolute atomic E-state index is 13.7. The van der Waals surface area contributed by atoms with Gasteiger partial charge in [-0.15, -0.1) is 0 Å². The second-order valence-electron chi connectivity index (χ2n) is 4.67. The van der Waals surface area contributed by atoms with E-state index < -0.39 is 23.0 Å². The zero-order valence-electron chi connectivity index (χ0n) is 10.7. The highest BCUT2D eigenvalue weighted by Crippen LogP contribution is 2.59. The van der Waals surface area contributed by atoms with Crippen LogP contribution >= 0.6 is 0 Å². The lowest BCUT2D eigenvalue weighted by atomic mass is 9.90. The molecule has 0 amide bonds. The molecule has 0 heterocycles. The zero-order chi connectivity index (χ0) is 14.2. The van der Waals surface area contributed by atoms with E-state index in [-0.39, 0.29) is 23.5 Å². The molecule has 0 aromatic heterocycles. The molecule has 104 valence electrons. The Kier molecular flexibility index (Phi) is 3.26. The maximum Gasteiger partial charge on any atom is 0.304 e. The van der Waals surface area contributed by atoms with Crippen molar-refractivity contribution in [2.75, 3.05) is 14.2 Å². The molecule has 0 unspecified atom stereocenters. The SMILES string of the molecule is COc1cc(F)c(O)c(C2(CC(=O)O)CC2)c1OC. The smallest absolute Gasteiger partial charge is 0.304 e. The molecule has 0 saturated heterocycles. The highest BCUT2D eigenvalue weighted by atomic mass is 19.1. The van der Waals surface area contributed by atoms with Crippen LogP contribution < -0.4 is 9.47 Å². The Morgan fingerprint density at radius 2 is 2.05 bits per heavy atom. The summed E-state index contributed by atoms with van der Waals surface area (Å²) in [5.74, 6) is -2.06. The second kappa shape index (κ2) is 4.60. The third-order valence-corrected chi connectivity index (χ3v) is 3.47. The first-order valence-corrected chi connectivity index (χ1v) is 5.81. The van der Waals surface area contributed by atoms with Crippen molar-refractivity contribution in [3.05, 3.63) is 17.4 Å². The van der Waals surface area contributed by atoms with Gasteiger partial charge >= 0.3 is 5.97 Å². The summed E-state index contributed by atoms with van der Waals surface area (Å²) in [6, 6.07) is 1.02. The first-order chi connectivity index (χ1) is 8.95. The summed E-state index contributed by atoms with van der Waals surface area (Å²) in [6.07, 6.45) is 0.954. The van der Waals surface area contributed by atoms with E-state index in [1.54, 1.807) is 0 Å². The van der Waals surface area contributed by atoms with Crippen molar-refractivity contribution in [3.8, 4) is 17.2 Å². The zero-order valence-corrected chi connectivity index (χ0v) is 10.7. The van der Waals surface area contributed by atoms with Crippen LogP contribution in [0.4, 0.5) is 4.39 Å². The topological polar surface area (TPSA) is 76.0 Å². The molecule has 0 atom stereocenters. The van der Waals surface area contributed by atoms with Crippen molar-refractivity contribution < 1.29 is 28.9 Å². The number of methoxy groups -OCH3 is 2. The van der Waals surface area contributed by atoms with E-state index in [0.29, 0.717) is 12.8 Å². The van der Waals surface area contributed by atoms with E-state index in [4.69, 9.17) is 14.6 Å². The number of carbonyl (C=O) groups is 1. The van der Waals surface area contributed by atoms with Gasteiger partial charge in [-0.1, -0.05) is 0 Å². The van der Waals surface area contributed by atoms with Crippen LogP contribution in [-0.2, 0) is 10.2 Å².